The maximum atomic E-state index is 12.0. The third kappa shape index (κ3) is 5.58. The van der Waals surface area contributed by atoms with Gasteiger partial charge in [-0.25, -0.2) is 0 Å². The molecule has 24 heavy (non-hydrogen) atoms. The molecule has 0 heterocycles. The molecule has 2 rings (SSSR count). The highest BCUT2D eigenvalue weighted by Crippen LogP contribution is 2.26. The lowest BCUT2D eigenvalue weighted by atomic mass is 10.1. The van der Waals surface area contributed by atoms with Gasteiger partial charge in [0.1, 0.15) is 11.9 Å². The molecule has 1 amide bonds. The second-order valence-electron chi connectivity index (χ2n) is 5.25. The molecule has 1 N–H and O–H groups in total. The highest BCUT2D eigenvalue weighted by atomic mass is 32.2. The van der Waals surface area contributed by atoms with E-state index >= 15 is 0 Å². The van der Waals surface area contributed by atoms with Crippen molar-refractivity contribution in [2.45, 2.75) is 11.9 Å². The van der Waals surface area contributed by atoms with Crippen LogP contribution in [-0.4, -0.2) is 32.4 Å². The lowest BCUT2D eigenvalue weighted by molar-refractivity contribution is -0.119. The number of nitrogens with one attached hydrogen (secondary N) is 1. The van der Waals surface area contributed by atoms with E-state index in [9.17, 15) is 4.79 Å². The monoisotopic (exact) mass is 345 g/mol. The van der Waals surface area contributed by atoms with Crippen molar-refractivity contribution in [2.75, 3.05) is 26.5 Å². The highest BCUT2D eigenvalue weighted by Gasteiger charge is 2.16. The van der Waals surface area contributed by atoms with Gasteiger partial charge in [-0.05, 0) is 11.6 Å². The van der Waals surface area contributed by atoms with Gasteiger partial charge < -0.3 is 14.8 Å². The number of amides is 1. The summed E-state index contributed by atoms with van der Waals surface area (Å²) in [5.41, 5.74) is 2.15. The summed E-state index contributed by atoms with van der Waals surface area (Å²) >= 11 is 1.60. The summed E-state index contributed by atoms with van der Waals surface area (Å²) in [7, 11) is 3.26. The number of para-hydroxylation sites is 1. The fraction of sp³-hybridized carbons (Fsp3) is 0.316. The van der Waals surface area contributed by atoms with Crippen molar-refractivity contribution in [3.63, 3.8) is 0 Å². The highest BCUT2D eigenvalue weighted by molar-refractivity contribution is 7.99. The first kappa shape index (κ1) is 18.4. The van der Waals surface area contributed by atoms with E-state index in [2.05, 4.69) is 17.4 Å². The van der Waals surface area contributed by atoms with Gasteiger partial charge in [-0.2, -0.15) is 0 Å². The van der Waals surface area contributed by atoms with Crippen LogP contribution < -0.4 is 10.1 Å². The molecule has 0 aliphatic rings. The third-order valence-corrected chi connectivity index (χ3v) is 4.60. The third-order valence-electron chi connectivity index (χ3n) is 3.60. The van der Waals surface area contributed by atoms with E-state index in [4.69, 9.17) is 9.47 Å². The molecule has 5 heteroatoms. The zero-order valence-electron chi connectivity index (χ0n) is 14.0. The molecule has 2 aromatic rings. The van der Waals surface area contributed by atoms with Crippen LogP contribution in [0.4, 0.5) is 0 Å². The quantitative estimate of drug-likeness (QED) is 0.756. The lowest BCUT2D eigenvalue weighted by Gasteiger charge is -2.19. The molecule has 0 saturated carbocycles. The predicted molar refractivity (Wildman–Crippen MR) is 98.4 cm³/mol. The molecule has 2 aromatic carbocycles. The number of hydrogen-bond acceptors (Lipinski definition) is 4. The topological polar surface area (TPSA) is 47.6 Å². The summed E-state index contributed by atoms with van der Waals surface area (Å²) in [6, 6.07) is 17.8. The number of benzene rings is 2. The van der Waals surface area contributed by atoms with Crippen LogP contribution in [-0.2, 0) is 15.3 Å². The van der Waals surface area contributed by atoms with Crippen LogP contribution in [0.5, 0.6) is 5.75 Å². The first-order valence-corrected chi connectivity index (χ1v) is 8.94. The Morgan fingerprint density at radius 3 is 2.50 bits per heavy atom. The Balaban J connectivity index is 1.79. The van der Waals surface area contributed by atoms with Gasteiger partial charge in [-0.3, -0.25) is 4.79 Å². The standard InChI is InChI=1S/C19H23NO3S/c1-22-17-11-7-6-10-16(17)18(23-2)12-20-19(21)14-24-13-15-8-4-3-5-9-15/h3-11,18H,12-14H2,1-2H3,(H,20,21)/t18-/m0/s1. The van der Waals surface area contributed by atoms with Crippen LogP contribution in [0.15, 0.2) is 54.6 Å². The number of methoxy groups -OCH3 is 2. The van der Waals surface area contributed by atoms with Gasteiger partial charge in [0.15, 0.2) is 0 Å². The van der Waals surface area contributed by atoms with E-state index in [1.54, 1.807) is 26.0 Å². The number of carbonyl (C=O) groups excluding carboxylic acids is 1. The van der Waals surface area contributed by atoms with Crippen molar-refractivity contribution in [1.29, 1.82) is 0 Å². The molecular formula is C19H23NO3S. The molecule has 4 nitrogen and oxygen atoms in total. The van der Waals surface area contributed by atoms with Gasteiger partial charge in [-0.1, -0.05) is 48.5 Å². The summed E-state index contributed by atoms with van der Waals surface area (Å²) in [6.45, 7) is 0.418. The summed E-state index contributed by atoms with van der Waals surface area (Å²) in [6.07, 6.45) is -0.232. The fourth-order valence-electron chi connectivity index (χ4n) is 2.35. The van der Waals surface area contributed by atoms with Crippen LogP contribution in [0.25, 0.3) is 0 Å². The number of thioether (sulfide) groups is 1. The van der Waals surface area contributed by atoms with Crippen molar-refractivity contribution in [2.24, 2.45) is 0 Å². The maximum absolute atomic E-state index is 12.0. The second kappa shape index (κ2) is 10.0. The Kier molecular flexibility index (Phi) is 7.65. The molecule has 0 aromatic heterocycles. The van der Waals surface area contributed by atoms with E-state index in [-0.39, 0.29) is 12.0 Å². The first-order chi connectivity index (χ1) is 11.7. The molecule has 128 valence electrons. The van der Waals surface area contributed by atoms with E-state index < -0.39 is 0 Å². The maximum Gasteiger partial charge on any atom is 0.230 e. The van der Waals surface area contributed by atoms with Crippen molar-refractivity contribution in [3.8, 4) is 5.75 Å². The first-order valence-electron chi connectivity index (χ1n) is 7.78. The van der Waals surface area contributed by atoms with E-state index in [0.717, 1.165) is 17.1 Å². The number of ether oxygens (including phenoxy) is 2. The molecule has 0 spiro atoms. The Hall–Kier alpha value is -1.98. The van der Waals surface area contributed by atoms with Gasteiger partial charge in [0.05, 0.1) is 12.9 Å². The van der Waals surface area contributed by atoms with E-state index in [1.807, 2.05) is 42.5 Å². The van der Waals surface area contributed by atoms with E-state index in [0.29, 0.717) is 12.3 Å². The zero-order chi connectivity index (χ0) is 17.2. The molecular weight excluding hydrogens is 322 g/mol. The van der Waals surface area contributed by atoms with Crippen LogP contribution >= 0.6 is 11.8 Å². The smallest absolute Gasteiger partial charge is 0.230 e. The normalized spacial score (nSPS) is 11.8. The predicted octanol–water partition coefficient (Wildman–Crippen LogP) is 3.43. The minimum Gasteiger partial charge on any atom is -0.496 e. The molecule has 1 atom stereocenters. The van der Waals surface area contributed by atoms with Crippen LogP contribution in [0.1, 0.15) is 17.2 Å². The van der Waals surface area contributed by atoms with Crippen molar-refractivity contribution in [3.05, 3.63) is 65.7 Å². The number of carbonyl (C=O) groups is 1. The summed E-state index contributed by atoms with van der Waals surface area (Å²) in [5.74, 6) is 2.02. The fourth-order valence-corrected chi connectivity index (χ4v) is 3.16. The lowest BCUT2D eigenvalue weighted by Crippen LogP contribution is -2.30. The summed E-state index contributed by atoms with van der Waals surface area (Å²) in [4.78, 5) is 12.0. The summed E-state index contributed by atoms with van der Waals surface area (Å²) < 4.78 is 10.9. The van der Waals surface area contributed by atoms with Gasteiger partial charge in [0, 0.05) is 25.0 Å². The number of rotatable bonds is 9. The second-order valence-corrected chi connectivity index (χ2v) is 6.23. The van der Waals surface area contributed by atoms with Crippen LogP contribution in [0, 0.1) is 0 Å². The van der Waals surface area contributed by atoms with Gasteiger partial charge >= 0.3 is 0 Å². The zero-order valence-corrected chi connectivity index (χ0v) is 14.8. The molecule has 0 saturated heterocycles. The van der Waals surface area contributed by atoms with Crippen LogP contribution in [0.3, 0.4) is 0 Å². The van der Waals surface area contributed by atoms with Crippen LogP contribution in [0.2, 0.25) is 0 Å². The Morgan fingerprint density at radius 2 is 1.79 bits per heavy atom. The Labute approximate surface area is 147 Å². The average molecular weight is 345 g/mol. The molecule has 0 bridgehead atoms. The molecule has 0 aliphatic carbocycles. The van der Waals surface area contributed by atoms with E-state index in [1.165, 1.54) is 5.56 Å². The Bertz CT molecular complexity index is 634. The SMILES string of the molecule is COc1ccccc1[C@H](CNC(=O)CSCc1ccccc1)OC. The van der Waals surface area contributed by atoms with Gasteiger partial charge in [0.2, 0.25) is 5.91 Å². The average Bonchev–Trinajstić information content (AvgIpc) is 2.63. The molecule has 0 fully saturated rings. The van der Waals surface area contributed by atoms with Crippen molar-refractivity contribution in [1.82, 2.24) is 5.32 Å². The van der Waals surface area contributed by atoms with Gasteiger partial charge in [-0.15, -0.1) is 11.8 Å². The molecule has 0 unspecified atom stereocenters. The molecule has 0 aliphatic heterocycles. The minimum absolute atomic E-state index is 0.00730. The molecule has 0 radical (unpaired) electrons. The Morgan fingerprint density at radius 1 is 1.08 bits per heavy atom. The van der Waals surface area contributed by atoms with Crippen molar-refractivity contribution >= 4 is 17.7 Å². The number of hydrogen-bond donors (Lipinski definition) is 1. The minimum atomic E-state index is -0.232. The largest absolute Gasteiger partial charge is 0.496 e. The van der Waals surface area contributed by atoms with Gasteiger partial charge in [0.25, 0.3) is 0 Å². The van der Waals surface area contributed by atoms with Crippen molar-refractivity contribution < 1.29 is 14.3 Å². The summed E-state index contributed by atoms with van der Waals surface area (Å²) in [5, 5.41) is 2.93.